The SMILES string of the molecule is COCCC(=O)Nc1ccc2n(c1=O)C[C@H]1C[C@@H]2C[NH+](Cc2ccc(F)cc2)C1. The van der Waals surface area contributed by atoms with E-state index in [1.807, 2.05) is 22.8 Å². The largest absolute Gasteiger partial charge is 0.384 e. The Morgan fingerprint density at radius 3 is 2.79 bits per heavy atom. The molecule has 29 heavy (non-hydrogen) atoms. The Morgan fingerprint density at radius 2 is 2.03 bits per heavy atom. The van der Waals surface area contributed by atoms with Crippen molar-refractivity contribution >= 4 is 11.6 Å². The summed E-state index contributed by atoms with van der Waals surface area (Å²) in [7, 11) is 1.54. The number of piperidine rings is 1. The summed E-state index contributed by atoms with van der Waals surface area (Å²) in [6.07, 6.45) is 1.32. The molecule has 2 aliphatic rings. The van der Waals surface area contributed by atoms with E-state index in [1.54, 1.807) is 13.2 Å². The fraction of sp³-hybridized carbons (Fsp3) is 0.455. The third-order valence-corrected chi connectivity index (χ3v) is 5.97. The Kier molecular flexibility index (Phi) is 5.78. The van der Waals surface area contributed by atoms with Gasteiger partial charge in [0, 0.05) is 36.7 Å². The predicted octanol–water partition coefficient (Wildman–Crippen LogP) is 1.16. The minimum atomic E-state index is -0.213. The van der Waals surface area contributed by atoms with Gasteiger partial charge in [-0.15, -0.1) is 0 Å². The van der Waals surface area contributed by atoms with Crippen LogP contribution in [-0.4, -0.2) is 37.3 Å². The zero-order valence-corrected chi connectivity index (χ0v) is 16.6. The molecule has 3 heterocycles. The molecule has 1 aromatic heterocycles. The van der Waals surface area contributed by atoms with Gasteiger partial charge in [-0.25, -0.2) is 4.39 Å². The molecule has 0 aliphatic carbocycles. The molecule has 154 valence electrons. The molecule has 7 heteroatoms. The van der Waals surface area contributed by atoms with Crippen molar-refractivity contribution in [1.82, 2.24) is 4.57 Å². The number of aromatic nitrogens is 1. The monoisotopic (exact) mass is 400 g/mol. The van der Waals surface area contributed by atoms with Gasteiger partial charge in [0.25, 0.3) is 5.56 Å². The minimum Gasteiger partial charge on any atom is -0.384 e. The van der Waals surface area contributed by atoms with Crippen LogP contribution in [0.25, 0.3) is 0 Å². The molecule has 1 fully saturated rings. The van der Waals surface area contributed by atoms with Gasteiger partial charge in [-0.1, -0.05) is 12.1 Å². The van der Waals surface area contributed by atoms with Crippen LogP contribution in [0, 0.1) is 11.7 Å². The van der Waals surface area contributed by atoms with Crippen LogP contribution < -0.4 is 15.8 Å². The Morgan fingerprint density at radius 1 is 1.24 bits per heavy atom. The molecular weight excluding hydrogens is 373 g/mol. The van der Waals surface area contributed by atoms with E-state index in [9.17, 15) is 14.0 Å². The molecule has 1 saturated heterocycles. The molecule has 2 aromatic rings. The molecule has 1 amide bonds. The molecule has 2 N–H and O–H groups in total. The number of fused-ring (bicyclic) bond motifs is 4. The molecule has 4 rings (SSSR count). The lowest BCUT2D eigenvalue weighted by atomic mass is 9.83. The lowest BCUT2D eigenvalue weighted by Gasteiger charge is -2.40. The van der Waals surface area contributed by atoms with Crippen molar-refractivity contribution in [3.8, 4) is 0 Å². The van der Waals surface area contributed by atoms with E-state index in [-0.39, 0.29) is 23.7 Å². The van der Waals surface area contributed by atoms with Crippen LogP contribution in [0.5, 0.6) is 0 Å². The first kappa shape index (κ1) is 19.8. The van der Waals surface area contributed by atoms with Gasteiger partial charge in [0.2, 0.25) is 5.91 Å². The fourth-order valence-corrected chi connectivity index (χ4v) is 4.71. The number of likely N-dealkylation sites (tertiary alicyclic amines) is 1. The standard InChI is InChI=1S/C22H26FN3O3/c1-29-9-8-21(27)24-19-6-7-20-17-10-16(13-26(20)22(19)28)12-25(14-17)11-15-2-4-18(23)5-3-15/h2-7,16-17H,8-14H2,1H3,(H,24,27)/p+1/t16-,17+/m0/s1. The maximum Gasteiger partial charge on any atom is 0.274 e. The van der Waals surface area contributed by atoms with E-state index in [4.69, 9.17) is 4.74 Å². The maximum absolute atomic E-state index is 13.2. The van der Waals surface area contributed by atoms with Crippen molar-refractivity contribution in [1.29, 1.82) is 0 Å². The number of halogens is 1. The predicted molar refractivity (Wildman–Crippen MR) is 107 cm³/mol. The lowest BCUT2D eigenvalue weighted by Crippen LogP contribution is -3.13. The fourth-order valence-electron chi connectivity index (χ4n) is 4.71. The van der Waals surface area contributed by atoms with E-state index in [2.05, 4.69) is 5.32 Å². The number of carbonyl (C=O) groups is 1. The van der Waals surface area contributed by atoms with Gasteiger partial charge < -0.3 is 19.5 Å². The summed E-state index contributed by atoms with van der Waals surface area (Å²) in [5.41, 5.74) is 2.40. The Hall–Kier alpha value is -2.51. The van der Waals surface area contributed by atoms with E-state index in [0.717, 1.165) is 37.3 Å². The number of benzene rings is 1. The van der Waals surface area contributed by atoms with Crippen molar-refractivity contribution in [2.24, 2.45) is 5.92 Å². The Bertz CT molecular complexity index is 941. The highest BCUT2D eigenvalue weighted by molar-refractivity contribution is 5.90. The molecule has 2 bridgehead atoms. The first-order chi connectivity index (χ1) is 14.0. The third kappa shape index (κ3) is 4.41. The van der Waals surface area contributed by atoms with E-state index in [0.29, 0.717) is 30.7 Å². The van der Waals surface area contributed by atoms with Crippen LogP contribution in [0.2, 0.25) is 0 Å². The van der Waals surface area contributed by atoms with Gasteiger partial charge in [0.05, 0.1) is 26.1 Å². The Labute approximate surface area is 169 Å². The number of hydrogen-bond acceptors (Lipinski definition) is 3. The van der Waals surface area contributed by atoms with Gasteiger partial charge in [0.1, 0.15) is 18.0 Å². The van der Waals surface area contributed by atoms with Crippen LogP contribution in [0.15, 0.2) is 41.2 Å². The lowest BCUT2D eigenvalue weighted by molar-refractivity contribution is -0.924. The highest BCUT2D eigenvalue weighted by Crippen LogP contribution is 2.31. The van der Waals surface area contributed by atoms with Crippen LogP contribution in [0.1, 0.15) is 30.0 Å². The molecular formula is C22H27FN3O3+. The molecule has 1 aromatic carbocycles. The second kappa shape index (κ2) is 8.47. The second-order valence-corrected chi connectivity index (χ2v) is 8.14. The molecule has 0 saturated carbocycles. The summed E-state index contributed by atoms with van der Waals surface area (Å²) in [5, 5.41) is 2.72. The number of anilines is 1. The molecule has 3 atom stereocenters. The molecule has 0 spiro atoms. The van der Waals surface area contributed by atoms with Crippen molar-refractivity contribution in [2.45, 2.75) is 31.8 Å². The van der Waals surface area contributed by atoms with Gasteiger partial charge >= 0.3 is 0 Å². The number of carbonyl (C=O) groups excluding carboxylic acids is 1. The quantitative estimate of drug-likeness (QED) is 0.765. The van der Waals surface area contributed by atoms with Crippen LogP contribution >= 0.6 is 0 Å². The maximum atomic E-state index is 13.2. The minimum absolute atomic E-state index is 0.120. The highest BCUT2D eigenvalue weighted by Gasteiger charge is 2.37. The van der Waals surface area contributed by atoms with Crippen LogP contribution in [0.3, 0.4) is 0 Å². The summed E-state index contributed by atoms with van der Waals surface area (Å²) in [6, 6.07) is 10.4. The molecule has 1 unspecified atom stereocenters. The number of ether oxygens (including phenoxy) is 1. The smallest absolute Gasteiger partial charge is 0.274 e. The van der Waals surface area contributed by atoms with Crippen molar-refractivity contribution in [3.63, 3.8) is 0 Å². The van der Waals surface area contributed by atoms with Crippen molar-refractivity contribution in [2.75, 3.05) is 32.1 Å². The number of nitrogens with zero attached hydrogens (tertiary/aromatic N) is 1. The zero-order valence-electron chi connectivity index (χ0n) is 16.6. The summed E-state index contributed by atoms with van der Waals surface area (Å²) in [4.78, 5) is 26.4. The molecule has 2 aliphatic heterocycles. The van der Waals surface area contributed by atoms with E-state index >= 15 is 0 Å². The molecule has 0 radical (unpaired) electrons. The Balaban J connectivity index is 1.49. The van der Waals surface area contributed by atoms with E-state index in [1.165, 1.54) is 17.0 Å². The summed E-state index contributed by atoms with van der Waals surface area (Å²) < 4.78 is 19.9. The first-order valence-electron chi connectivity index (χ1n) is 10.1. The number of hydrogen-bond donors (Lipinski definition) is 2. The van der Waals surface area contributed by atoms with Crippen LogP contribution in [0.4, 0.5) is 10.1 Å². The highest BCUT2D eigenvalue weighted by atomic mass is 19.1. The number of amides is 1. The summed E-state index contributed by atoms with van der Waals surface area (Å²) in [5.74, 6) is 0.325. The first-order valence-corrected chi connectivity index (χ1v) is 10.1. The van der Waals surface area contributed by atoms with Crippen molar-refractivity contribution < 1.29 is 18.8 Å². The van der Waals surface area contributed by atoms with E-state index < -0.39 is 0 Å². The van der Waals surface area contributed by atoms with Gasteiger partial charge in [-0.3, -0.25) is 9.59 Å². The van der Waals surface area contributed by atoms with Gasteiger partial charge in [0.15, 0.2) is 0 Å². The van der Waals surface area contributed by atoms with Gasteiger partial charge in [-0.2, -0.15) is 0 Å². The topological polar surface area (TPSA) is 64.8 Å². The van der Waals surface area contributed by atoms with Crippen LogP contribution in [-0.2, 0) is 22.6 Å². The number of rotatable bonds is 6. The summed E-state index contributed by atoms with van der Waals surface area (Å²) in [6.45, 7) is 3.82. The normalized spacial score (nSPS) is 22.8. The number of methoxy groups -OCH3 is 1. The number of quaternary nitrogens is 1. The summed E-state index contributed by atoms with van der Waals surface area (Å²) >= 11 is 0. The van der Waals surface area contributed by atoms with Crippen molar-refractivity contribution in [3.05, 3.63) is 63.8 Å². The van der Waals surface area contributed by atoms with Gasteiger partial charge in [-0.05, 0) is 30.7 Å². The second-order valence-electron chi connectivity index (χ2n) is 8.14. The average molecular weight is 400 g/mol. The zero-order chi connectivity index (χ0) is 20.4. The molecule has 6 nitrogen and oxygen atoms in total. The third-order valence-electron chi connectivity index (χ3n) is 5.97. The average Bonchev–Trinajstić information content (AvgIpc) is 2.70. The number of nitrogens with one attached hydrogen (secondary N) is 2. The number of pyridine rings is 1.